The SMILES string of the molecule is Nc1nc(Cl)c2ncsc2n1. The molecule has 0 unspecified atom stereocenters. The van der Waals surface area contributed by atoms with Crippen molar-refractivity contribution in [3.05, 3.63) is 10.7 Å². The van der Waals surface area contributed by atoms with Gasteiger partial charge in [-0.2, -0.15) is 4.98 Å². The number of rotatable bonds is 0. The number of nitrogen functional groups attached to an aromatic ring is 1. The van der Waals surface area contributed by atoms with E-state index in [0.717, 1.165) is 4.83 Å². The Kier molecular flexibility index (Phi) is 1.40. The van der Waals surface area contributed by atoms with Gasteiger partial charge in [0.1, 0.15) is 10.3 Å². The van der Waals surface area contributed by atoms with Crippen LogP contribution in [0.25, 0.3) is 10.3 Å². The third kappa shape index (κ3) is 1.02. The first-order valence-corrected chi connectivity index (χ1v) is 4.05. The monoisotopic (exact) mass is 186 g/mol. The standard InChI is InChI=1S/C5H3ClN4S/c6-3-2-4(11-1-8-2)10-5(7)9-3/h1H,(H2,7,9,10). The molecule has 4 nitrogen and oxygen atoms in total. The molecule has 0 bridgehead atoms. The van der Waals surface area contributed by atoms with Crippen molar-refractivity contribution in [1.82, 2.24) is 15.0 Å². The molecule has 0 atom stereocenters. The van der Waals surface area contributed by atoms with Crippen LogP contribution in [-0.2, 0) is 0 Å². The van der Waals surface area contributed by atoms with Gasteiger partial charge in [0, 0.05) is 0 Å². The maximum atomic E-state index is 5.72. The van der Waals surface area contributed by atoms with Crippen molar-refractivity contribution in [2.75, 3.05) is 5.73 Å². The van der Waals surface area contributed by atoms with Gasteiger partial charge in [-0.25, -0.2) is 9.97 Å². The van der Waals surface area contributed by atoms with Crippen LogP contribution in [0.2, 0.25) is 5.15 Å². The molecule has 0 radical (unpaired) electrons. The molecular formula is C5H3ClN4S. The third-order valence-electron chi connectivity index (χ3n) is 1.17. The summed E-state index contributed by atoms with van der Waals surface area (Å²) in [6.07, 6.45) is 0. The molecule has 0 amide bonds. The molecule has 0 saturated carbocycles. The van der Waals surface area contributed by atoms with Crippen molar-refractivity contribution in [1.29, 1.82) is 0 Å². The average Bonchev–Trinajstić information content (AvgIpc) is 2.34. The zero-order chi connectivity index (χ0) is 7.84. The number of fused-ring (bicyclic) bond motifs is 1. The second kappa shape index (κ2) is 2.28. The topological polar surface area (TPSA) is 64.7 Å². The number of halogens is 1. The molecule has 56 valence electrons. The molecule has 2 aromatic rings. The number of hydrogen-bond donors (Lipinski definition) is 1. The normalized spacial score (nSPS) is 10.6. The van der Waals surface area contributed by atoms with Gasteiger partial charge in [-0.05, 0) is 0 Å². The van der Waals surface area contributed by atoms with Gasteiger partial charge in [-0.15, -0.1) is 11.3 Å². The lowest BCUT2D eigenvalue weighted by atomic mass is 10.6. The first-order valence-electron chi connectivity index (χ1n) is 2.79. The van der Waals surface area contributed by atoms with Crippen molar-refractivity contribution in [3.63, 3.8) is 0 Å². The summed E-state index contributed by atoms with van der Waals surface area (Å²) in [4.78, 5) is 12.4. The lowest BCUT2D eigenvalue weighted by molar-refractivity contribution is 1.24. The summed E-state index contributed by atoms with van der Waals surface area (Å²) in [7, 11) is 0. The predicted molar refractivity (Wildman–Crippen MR) is 44.6 cm³/mol. The number of anilines is 1. The van der Waals surface area contributed by atoms with E-state index >= 15 is 0 Å². The van der Waals surface area contributed by atoms with Crippen LogP contribution in [0.15, 0.2) is 5.51 Å². The molecule has 0 saturated heterocycles. The summed E-state index contributed by atoms with van der Waals surface area (Å²) >= 11 is 7.11. The summed E-state index contributed by atoms with van der Waals surface area (Å²) in [6.45, 7) is 0. The van der Waals surface area contributed by atoms with Crippen molar-refractivity contribution < 1.29 is 0 Å². The number of aromatic nitrogens is 3. The Morgan fingerprint density at radius 1 is 1.45 bits per heavy atom. The van der Waals surface area contributed by atoms with E-state index in [4.69, 9.17) is 17.3 Å². The predicted octanol–water partition coefficient (Wildman–Crippen LogP) is 1.32. The lowest BCUT2D eigenvalue weighted by Crippen LogP contribution is -1.93. The van der Waals surface area contributed by atoms with Gasteiger partial charge in [0.25, 0.3) is 0 Å². The van der Waals surface area contributed by atoms with Crippen LogP contribution in [0.5, 0.6) is 0 Å². The van der Waals surface area contributed by atoms with Gasteiger partial charge in [-0.3, -0.25) is 0 Å². The van der Waals surface area contributed by atoms with Crippen LogP contribution in [-0.4, -0.2) is 15.0 Å². The summed E-state index contributed by atoms with van der Waals surface area (Å²) in [5, 5.41) is 0.314. The van der Waals surface area contributed by atoms with Gasteiger partial charge >= 0.3 is 0 Å². The first kappa shape index (κ1) is 6.75. The highest BCUT2D eigenvalue weighted by atomic mass is 35.5. The van der Waals surface area contributed by atoms with Crippen LogP contribution in [0.4, 0.5) is 5.95 Å². The smallest absolute Gasteiger partial charge is 0.222 e. The highest BCUT2D eigenvalue weighted by Gasteiger charge is 2.05. The molecule has 6 heteroatoms. The minimum absolute atomic E-state index is 0.187. The van der Waals surface area contributed by atoms with E-state index < -0.39 is 0 Å². The number of hydrogen-bond acceptors (Lipinski definition) is 5. The van der Waals surface area contributed by atoms with Crippen molar-refractivity contribution in [2.24, 2.45) is 0 Å². The number of nitrogens with two attached hydrogens (primary N) is 1. The molecule has 2 aromatic heterocycles. The van der Waals surface area contributed by atoms with Gasteiger partial charge in [0.2, 0.25) is 5.95 Å². The van der Waals surface area contributed by atoms with Crippen LogP contribution < -0.4 is 5.73 Å². The van der Waals surface area contributed by atoms with Gasteiger partial charge in [-0.1, -0.05) is 11.6 Å². The zero-order valence-electron chi connectivity index (χ0n) is 5.28. The van der Waals surface area contributed by atoms with Gasteiger partial charge in [0.05, 0.1) is 5.51 Å². The largest absolute Gasteiger partial charge is 0.368 e. The highest BCUT2D eigenvalue weighted by molar-refractivity contribution is 7.16. The van der Waals surface area contributed by atoms with Crippen LogP contribution in [0.1, 0.15) is 0 Å². The minimum atomic E-state index is 0.187. The zero-order valence-corrected chi connectivity index (χ0v) is 6.85. The number of thiazole rings is 1. The Balaban J connectivity index is 2.91. The molecule has 0 spiro atoms. The summed E-state index contributed by atoms with van der Waals surface area (Å²) in [6, 6.07) is 0. The van der Waals surface area contributed by atoms with E-state index in [1.165, 1.54) is 11.3 Å². The summed E-state index contributed by atoms with van der Waals surface area (Å²) in [5.41, 5.74) is 7.63. The molecule has 0 aliphatic carbocycles. The van der Waals surface area contributed by atoms with Gasteiger partial charge < -0.3 is 5.73 Å². The molecule has 11 heavy (non-hydrogen) atoms. The maximum Gasteiger partial charge on any atom is 0.222 e. The average molecular weight is 187 g/mol. The fraction of sp³-hybridized carbons (Fsp3) is 0. The van der Waals surface area contributed by atoms with E-state index in [0.29, 0.717) is 10.7 Å². The minimum Gasteiger partial charge on any atom is -0.368 e. The van der Waals surface area contributed by atoms with Crippen LogP contribution >= 0.6 is 22.9 Å². The molecule has 0 aliphatic rings. The Bertz CT molecular complexity index is 398. The molecule has 0 fully saturated rings. The van der Waals surface area contributed by atoms with Crippen molar-refractivity contribution >= 4 is 39.2 Å². The third-order valence-corrected chi connectivity index (χ3v) is 2.16. The van der Waals surface area contributed by atoms with E-state index in [1.54, 1.807) is 5.51 Å². The fourth-order valence-electron chi connectivity index (χ4n) is 0.743. The summed E-state index contributed by atoms with van der Waals surface area (Å²) < 4.78 is 0. The maximum absolute atomic E-state index is 5.72. The fourth-order valence-corrected chi connectivity index (χ4v) is 1.69. The second-order valence-corrected chi connectivity index (χ2v) is 3.07. The van der Waals surface area contributed by atoms with Crippen molar-refractivity contribution in [2.45, 2.75) is 0 Å². The quantitative estimate of drug-likeness (QED) is 0.631. The van der Waals surface area contributed by atoms with E-state index in [2.05, 4.69) is 15.0 Å². The number of nitrogens with zero attached hydrogens (tertiary/aromatic N) is 3. The van der Waals surface area contributed by atoms with Gasteiger partial charge in [0.15, 0.2) is 5.15 Å². The highest BCUT2D eigenvalue weighted by Crippen LogP contribution is 2.21. The van der Waals surface area contributed by atoms with E-state index in [1.807, 2.05) is 0 Å². The van der Waals surface area contributed by atoms with Crippen LogP contribution in [0, 0.1) is 0 Å². The summed E-state index contributed by atoms with van der Waals surface area (Å²) in [5.74, 6) is 0.187. The molecule has 2 N–H and O–H groups in total. The van der Waals surface area contributed by atoms with E-state index in [-0.39, 0.29) is 5.95 Å². The molecule has 2 heterocycles. The van der Waals surface area contributed by atoms with Crippen molar-refractivity contribution in [3.8, 4) is 0 Å². The Morgan fingerprint density at radius 2 is 2.27 bits per heavy atom. The lowest BCUT2D eigenvalue weighted by Gasteiger charge is -1.92. The Hall–Kier alpha value is -0.940. The second-order valence-electron chi connectivity index (χ2n) is 1.88. The van der Waals surface area contributed by atoms with Crippen LogP contribution in [0.3, 0.4) is 0 Å². The first-order chi connectivity index (χ1) is 5.27. The molecule has 2 rings (SSSR count). The molecule has 0 aromatic carbocycles. The Labute approximate surface area is 71.1 Å². The molecule has 0 aliphatic heterocycles. The Morgan fingerprint density at radius 3 is 3.09 bits per heavy atom. The molecular weight excluding hydrogens is 184 g/mol. The van der Waals surface area contributed by atoms with E-state index in [9.17, 15) is 0 Å².